The smallest absolute Gasteiger partial charge is 0.118 e. The standard InChI is InChI=1S/C15H19NOS/c1-10-4-7-14(11(2)8-10)18-15(9-16)13-6-5-12(3)17-13/h4-8,15H,9,16H2,1-3H3. The van der Waals surface area contributed by atoms with Gasteiger partial charge in [0.15, 0.2) is 0 Å². The van der Waals surface area contributed by atoms with Gasteiger partial charge in [-0.05, 0) is 44.5 Å². The highest BCUT2D eigenvalue weighted by atomic mass is 32.2. The molecule has 0 bridgehead atoms. The van der Waals surface area contributed by atoms with E-state index in [0.717, 1.165) is 11.5 Å². The van der Waals surface area contributed by atoms with E-state index in [0.29, 0.717) is 6.54 Å². The predicted octanol–water partition coefficient (Wildman–Crippen LogP) is 4.00. The minimum Gasteiger partial charge on any atom is -0.465 e. The average molecular weight is 261 g/mol. The molecule has 0 saturated carbocycles. The molecule has 2 rings (SSSR count). The summed E-state index contributed by atoms with van der Waals surface area (Å²) in [6.07, 6.45) is 0. The second kappa shape index (κ2) is 5.63. The third kappa shape index (κ3) is 2.98. The van der Waals surface area contributed by atoms with E-state index >= 15 is 0 Å². The molecule has 0 aliphatic carbocycles. The molecule has 0 spiro atoms. The highest BCUT2D eigenvalue weighted by molar-refractivity contribution is 7.99. The monoisotopic (exact) mass is 261 g/mol. The molecule has 0 radical (unpaired) electrons. The summed E-state index contributed by atoms with van der Waals surface area (Å²) >= 11 is 1.77. The van der Waals surface area contributed by atoms with E-state index in [-0.39, 0.29) is 5.25 Å². The van der Waals surface area contributed by atoms with Gasteiger partial charge in [0, 0.05) is 11.4 Å². The first kappa shape index (κ1) is 13.2. The maximum atomic E-state index is 5.86. The summed E-state index contributed by atoms with van der Waals surface area (Å²) in [6.45, 7) is 6.78. The highest BCUT2D eigenvalue weighted by Gasteiger charge is 2.16. The first-order valence-electron chi connectivity index (χ1n) is 6.10. The third-order valence-electron chi connectivity index (χ3n) is 2.89. The summed E-state index contributed by atoms with van der Waals surface area (Å²) in [5.74, 6) is 1.89. The Kier molecular flexibility index (Phi) is 4.15. The lowest BCUT2D eigenvalue weighted by molar-refractivity contribution is 0.481. The maximum Gasteiger partial charge on any atom is 0.118 e. The Hall–Kier alpha value is -1.19. The zero-order valence-electron chi connectivity index (χ0n) is 11.1. The molecule has 0 aliphatic heterocycles. The van der Waals surface area contributed by atoms with Gasteiger partial charge in [-0.2, -0.15) is 0 Å². The van der Waals surface area contributed by atoms with Crippen LogP contribution in [-0.2, 0) is 0 Å². The van der Waals surface area contributed by atoms with Crippen LogP contribution >= 0.6 is 11.8 Å². The molecule has 0 amide bonds. The lowest BCUT2D eigenvalue weighted by Crippen LogP contribution is -2.08. The first-order valence-corrected chi connectivity index (χ1v) is 6.98. The number of nitrogens with two attached hydrogens (primary N) is 1. The van der Waals surface area contributed by atoms with Gasteiger partial charge in [-0.15, -0.1) is 11.8 Å². The summed E-state index contributed by atoms with van der Waals surface area (Å²) < 4.78 is 5.67. The molecule has 1 aromatic heterocycles. The van der Waals surface area contributed by atoms with Crippen LogP contribution in [-0.4, -0.2) is 6.54 Å². The van der Waals surface area contributed by atoms with E-state index < -0.39 is 0 Å². The number of furan rings is 1. The molecular weight excluding hydrogens is 242 g/mol. The van der Waals surface area contributed by atoms with E-state index in [2.05, 4.69) is 32.0 Å². The molecule has 96 valence electrons. The fourth-order valence-corrected chi connectivity index (χ4v) is 2.97. The van der Waals surface area contributed by atoms with Crippen LogP contribution in [0.25, 0.3) is 0 Å². The number of rotatable bonds is 4. The fourth-order valence-electron chi connectivity index (χ4n) is 1.93. The van der Waals surface area contributed by atoms with E-state index in [1.165, 1.54) is 16.0 Å². The maximum absolute atomic E-state index is 5.86. The van der Waals surface area contributed by atoms with Gasteiger partial charge in [-0.3, -0.25) is 0 Å². The van der Waals surface area contributed by atoms with Crippen molar-refractivity contribution in [3.05, 3.63) is 53.0 Å². The van der Waals surface area contributed by atoms with Crippen molar-refractivity contribution < 1.29 is 4.42 Å². The molecule has 0 saturated heterocycles. The summed E-state index contributed by atoms with van der Waals surface area (Å²) in [5, 5.41) is 0.181. The Morgan fingerprint density at radius 2 is 1.94 bits per heavy atom. The zero-order chi connectivity index (χ0) is 13.1. The molecular formula is C15H19NOS. The molecule has 1 aromatic carbocycles. The highest BCUT2D eigenvalue weighted by Crippen LogP contribution is 2.37. The van der Waals surface area contributed by atoms with Crippen LogP contribution in [0.5, 0.6) is 0 Å². The molecule has 3 heteroatoms. The van der Waals surface area contributed by atoms with E-state index in [9.17, 15) is 0 Å². The zero-order valence-corrected chi connectivity index (χ0v) is 11.9. The van der Waals surface area contributed by atoms with Crippen molar-refractivity contribution >= 4 is 11.8 Å². The molecule has 0 aliphatic rings. The number of thioether (sulfide) groups is 1. The van der Waals surface area contributed by atoms with Crippen LogP contribution in [0.1, 0.15) is 27.9 Å². The van der Waals surface area contributed by atoms with Gasteiger partial charge in [0.1, 0.15) is 11.5 Å². The Balaban J connectivity index is 2.20. The molecule has 2 N–H and O–H groups in total. The Morgan fingerprint density at radius 1 is 1.17 bits per heavy atom. The third-order valence-corrected chi connectivity index (χ3v) is 4.31. The number of hydrogen-bond acceptors (Lipinski definition) is 3. The quantitative estimate of drug-likeness (QED) is 0.846. The largest absolute Gasteiger partial charge is 0.465 e. The van der Waals surface area contributed by atoms with Crippen LogP contribution in [0.15, 0.2) is 39.6 Å². The second-order valence-corrected chi connectivity index (χ2v) is 5.80. The molecule has 0 fully saturated rings. The van der Waals surface area contributed by atoms with Crippen molar-refractivity contribution in [3.63, 3.8) is 0 Å². The Morgan fingerprint density at radius 3 is 2.50 bits per heavy atom. The lowest BCUT2D eigenvalue weighted by Gasteiger charge is -2.14. The van der Waals surface area contributed by atoms with Crippen molar-refractivity contribution in [3.8, 4) is 0 Å². The second-order valence-electron chi connectivity index (χ2n) is 4.56. The van der Waals surface area contributed by atoms with Gasteiger partial charge in [0.2, 0.25) is 0 Å². The SMILES string of the molecule is Cc1ccc(SC(CN)c2ccc(C)o2)c(C)c1. The summed E-state index contributed by atoms with van der Waals surface area (Å²) in [5.41, 5.74) is 8.44. The summed E-state index contributed by atoms with van der Waals surface area (Å²) in [6, 6.07) is 10.5. The number of benzene rings is 1. The van der Waals surface area contributed by atoms with Crippen molar-refractivity contribution in [1.29, 1.82) is 0 Å². The van der Waals surface area contributed by atoms with Crippen molar-refractivity contribution in [2.45, 2.75) is 30.9 Å². The first-order chi connectivity index (χ1) is 8.60. The van der Waals surface area contributed by atoms with Crippen molar-refractivity contribution in [1.82, 2.24) is 0 Å². The Bertz CT molecular complexity index is 533. The van der Waals surface area contributed by atoms with Gasteiger partial charge in [-0.25, -0.2) is 0 Å². The molecule has 2 nitrogen and oxygen atoms in total. The van der Waals surface area contributed by atoms with Crippen LogP contribution in [0.3, 0.4) is 0 Å². The van der Waals surface area contributed by atoms with Crippen LogP contribution in [0.2, 0.25) is 0 Å². The Labute approximate surface area is 113 Å². The molecule has 1 heterocycles. The minimum absolute atomic E-state index is 0.181. The van der Waals surface area contributed by atoms with Crippen LogP contribution < -0.4 is 5.73 Å². The topological polar surface area (TPSA) is 39.2 Å². The van der Waals surface area contributed by atoms with Gasteiger partial charge in [0.05, 0.1) is 5.25 Å². The molecule has 2 aromatic rings. The number of hydrogen-bond donors (Lipinski definition) is 1. The van der Waals surface area contributed by atoms with E-state index in [1.54, 1.807) is 11.8 Å². The number of aryl methyl sites for hydroxylation is 3. The van der Waals surface area contributed by atoms with Gasteiger partial charge >= 0.3 is 0 Å². The van der Waals surface area contributed by atoms with Gasteiger partial charge < -0.3 is 10.2 Å². The molecule has 1 unspecified atom stereocenters. The molecule has 1 atom stereocenters. The van der Waals surface area contributed by atoms with E-state index in [1.807, 2.05) is 19.1 Å². The van der Waals surface area contributed by atoms with Crippen molar-refractivity contribution in [2.24, 2.45) is 5.73 Å². The van der Waals surface area contributed by atoms with Gasteiger partial charge in [-0.1, -0.05) is 17.7 Å². The lowest BCUT2D eigenvalue weighted by atomic mass is 10.2. The predicted molar refractivity (Wildman–Crippen MR) is 77.0 cm³/mol. The average Bonchev–Trinajstić information content (AvgIpc) is 2.75. The normalized spacial score (nSPS) is 12.7. The summed E-state index contributed by atoms with van der Waals surface area (Å²) in [4.78, 5) is 1.27. The van der Waals surface area contributed by atoms with Crippen LogP contribution in [0, 0.1) is 20.8 Å². The molecule has 18 heavy (non-hydrogen) atoms. The summed E-state index contributed by atoms with van der Waals surface area (Å²) in [7, 11) is 0. The van der Waals surface area contributed by atoms with Crippen LogP contribution in [0.4, 0.5) is 0 Å². The van der Waals surface area contributed by atoms with Crippen molar-refractivity contribution in [2.75, 3.05) is 6.54 Å². The minimum atomic E-state index is 0.181. The van der Waals surface area contributed by atoms with Gasteiger partial charge in [0.25, 0.3) is 0 Å². The van der Waals surface area contributed by atoms with E-state index in [4.69, 9.17) is 10.2 Å². The fraction of sp³-hybridized carbons (Fsp3) is 0.333.